The van der Waals surface area contributed by atoms with E-state index in [-0.39, 0.29) is 6.54 Å². The summed E-state index contributed by atoms with van der Waals surface area (Å²) in [7, 11) is 0. The van der Waals surface area contributed by atoms with Gasteiger partial charge in [0.1, 0.15) is 0 Å². The molecule has 4 nitrogen and oxygen atoms in total. The van der Waals surface area contributed by atoms with Crippen molar-refractivity contribution in [2.45, 2.75) is 12.7 Å². The molecule has 0 unspecified atom stereocenters. The van der Waals surface area contributed by atoms with Crippen molar-refractivity contribution >= 4 is 33.4 Å². The van der Waals surface area contributed by atoms with E-state index in [4.69, 9.17) is 0 Å². The third-order valence-corrected chi connectivity index (χ3v) is 3.77. The van der Waals surface area contributed by atoms with Crippen molar-refractivity contribution in [3.63, 3.8) is 0 Å². The van der Waals surface area contributed by atoms with Crippen molar-refractivity contribution < 1.29 is 22.8 Å². The summed E-state index contributed by atoms with van der Waals surface area (Å²) in [5, 5.41) is 4.41. The third-order valence-electron chi connectivity index (χ3n) is 3.08. The van der Waals surface area contributed by atoms with Gasteiger partial charge >= 0.3 is 12.1 Å². The molecule has 24 heavy (non-hydrogen) atoms. The molecule has 2 aromatic carbocycles. The van der Waals surface area contributed by atoms with Gasteiger partial charge in [-0.1, -0.05) is 30.3 Å². The van der Waals surface area contributed by atoms with Crippen LogP contribution in [0.3, 0.4) is 0 Å². The minimum absolute atomic E-state index is 0.320. The van der Waals surface area contributed by atoms with E-state index in [2.05, 4.69) is 21.2 Å². The lowest BCUT2D eigenvalue weighted by Crippen LogP contribution is -2.36. The van der Waals surface area contributed by atoms with Crippen molar-refractivity contribution in [3.05, 3.63) is 64.1 Å². The molecule has 0 spiro atoms. The molecule has 2 N–H and O–H groups in total. The zero-order chi connectivity index (χ0) is 17.7. The summed E-state index contributed by atoms with van der Waals surface area (Å²) in [6, 6.07) is 13.0. The second kappa shape index (κ2) is 7.48. The van der Waals surface area contributed by atoms with Gasteiger partial charge in [-0.2, -0.15) is 13.2 Å². The van der Waals surface area contributed by atoms with Crippen LogP contribution in [0.2, 0.25) is 0 Å². The number of hydrogen-bond donors (Lipinski definition) is 2. The standard InChI is InChI=1S/C16H12BrF3N2O2/c17-12-7-3-2-6-11(12)14(23)22-13-8-4-1-5-10(13)9-21-15(24)16(18,19)20/h1-8H,9H2,(H,21,24)(H,22,23). The Balaban J connectivity index is 2.13. The van der Waals surface area contributed by atoms with Gasteiger partial charge in [-0.15, -0.1) is 0 Å². The van der Waals surface area contributed by atoms with Gasteiger partial charge in [0, 0.05) is 16.7 Å². The number of nitrogens with one attached hydrogen (secondary N) is 2. The Kier molecular flexibility index (Phi) is 5.61. The number of amides is 2. The second-order valence-corrected chi connectivity index (χ2v) is 5.63. The van der Waals surface area contributed by atoms with Crippen LogP contribution in [0.5, 0.6) is 0 Å². The first-order valence-corrected chi connectivity index (χ1v) is 7.57. The molecule has 0 aromatic heterocycles. The molecule has 8 heteroatoms. The highest BCUT2D eigenvalue weighted by Gasteiger charge is 2.38. The van der Waals surface area contributed by atoms with Crippen LogP contribution in [-0.4, -0.2) is 18.0 Å². The fourth-order valence-electron chi connectivity index (χ4n) is 1.91. The molecular formula is C16H12BrF3N2O2. The number of carbonyl (C=O) groups is 2. The Labute approximate surface area is 144 Å². The molecule has 0 aliphatic rings. The number of hydrogen-bond acceptors (Lipinski definition) is 2. The minimum Gasteiger partial charge on any atom is -0.344 e. The van der Waals surface area contributed by atoms with Crippen LogP contribution in [0.25, 0.3) is 0 Å². The van der Waals surface area contributed by atoms with Gasteiger partial charge in [0.05, 0.1) is 5.56 Å². The molecule has 0 heterocycles. The molecular weight excluding hydrogens is 389 g/mol. The van der Waals surface area contributed by atoms with Gasteiger partial charge < -0.3 is 10.6 Å². The Hall–Kier alpha value is -2.35. The van der Waals surface area contributed by atoms with Crippen LogP contribution in [0.15, 0.2) is 53.0 Å². The number of para-hydroxylation sites is 1. The van der Waals surface area contributed by atoms with Crippen LogP contribution in [-0.2, 0) is 11.3 Å². The zero-order valence-corrected chi connectivity index (χ0v) is 13.7. The van der Waals surface area contributed by atoms with E-state index >= 15 is 0 Å². The molecule has 0 aliphatic heterocycles. The lowest BCUT2D eigenvalue weighted by atomic mass is 10.1. The molecule has 2 rings (SSSR count). The topological polar surface area (TPSA) is 58.2 Å². The fraction of sp³-hybridized carbons (Fsp3) is 0.125. The number of benzene rings is 2. The molecule has 2 aromatic rings. The van der Waals surface area contributed by atoms with Crippen LogP contribution < -0.4 is 10.6 Å². The van der Waals surface area contributed by atoms with Crippen molar-refractivity contribution in [1.29, 1.82) is 0 Å². The van der Waals surface area contributed by atoms with Crippen molar-refractivity contribution in [1.82, 2.24) is 5.32 Å². The molecule has 0 aliphatic carbocycles. The Morgan fingerprint density at radius 3 is 2.29 bits per heavy atom. The van der Waals surface area contributed by atoms with Crippen molar-refractivity contribution in [2.24, 2.45) is 0 Å². The Bertz CT molecular complexity index is 763. The maximum absolute atomic E-state index is 12.3. The van der Waals surface area contributed by atoms with E-state index in [0.717, 1.165) is 0 Å². The van der Waals surface area contributed by atoms with E-state index in [1.165, 1.54) is 6.07 Å². The third kappa shape index (κ3) is 4.58. The number of rotatable bonds is 4. The number of halogens is 4. The summed E-state index contributed by atoms with van der Waals surface area (Å²) >= 11 is 3.26. The smallest absolute Gasteiger partial charge is 0.344 e. The first kappa shape index (κ1) is 18.0. The van der Waals surface area contributed by atoms with Gasteiger partial charge in [0.25, 0.3) is 5.91 Å². The molecule has 126 valence electrons. The number of anilines is 1. The van der Waals surface area contributed by atoms with Gasteiger partial charge in [-0.05, 0) is 39.7 Å². The van der Waals surface area contributed by atoms with E-state index in [1.54, 1.807) is 47.8 Å². The maximum Gasteiger partial charge on any atom is 0.471 e. The first-order valence-electron chi connectivity index (χ1n) is 6.78. The molecule has 0 saturated heterocycles. The summed E-state index contributed by atoms with van der Waals surface area (Å²) in [6.07, 6.45) is -4.95. The summed E-state index contributed by atoms with van der Waals surface area (Å²) in [4.78, 5) is 23.2. The SMILES string of the molecule is O=C(Nc1ccccc1CNC(=O)C(F)(F)F)c1ccccc1Br. The van der Waals surface area contributed by atoms with Crippen molar-refractivity contribution in [3.8, 4) is 0 Å². The quantitative estimate of drug-likeness (QED) is 0.817. The molecule has 0 fully saturated rings. The van der Waals surface area contributed by atoms with Gasteiger partial charge in [0.2, 0.25) is 0 Å². The lowest BCUT2D eigenvalue weighted by Gasteiger charge is -2.13. The predicted molar refractivity (Wildman–Crippen MR) is 86.4 cm³/mol. The summed E-state index contributed by atoms with van der Waals surface area (Å²) in [6.45, 7) is -0.356. The number of carbonyl (C=O) groups excluding carboxylic acids is 2. The van der Waals surface area contributed by atoms with Crippen LogP contribution in [0.4, 0.5) is 18.9 Å². The van der Waals surface area contributed by atoms with Crippen LogP contribution >= 0.6 is 15.9 Å². The van der Waals surface area contributed by atoms with E-state index < -0.39 is 18.0 Å². The average molecular weight is 401 g/mol. The second-order valence-electron chi connectivity index (χ2n) is 4.77. The lowest BCUT2D eigenvalue weighted by molar-refractivity contribution is -0.173. The molecule has 0 radical (unpaired) electrons. The monoisotopic (exact) mass is 400 g/mol. The van der Waals surface area contributed by atoms with Gasteiger partial charge in [-0.3, -0.25) is 9.59 Å². The van der Waals surface area contributed by atoms with Gasteiger partial charge in [0.15, 0.2) is 0 Å². The largest absolute Gasteiger partial charge is 0.471 e. The predicted octanol–water partition coefficient (Wildman–Crippen LogP) is 3.88. The minimum atomic E-state index is -4.95. The highest BCUT2D eigenvalue weighted by Crippen LogP contribution is 2.21. The normalized spacial score (nSPS) is 11.0. The number of alkyl halides is 3. The Morgan fingerprint density at radius 2 is 1.62 bits per heavy atom. The maximum atomic E-state index is 12.3. The highest BCUT2D eigenvalue weighted by atomic mass is 79.9. The van der Waals surface area contributed by atoms with Crippen LogP contribution in [0, 0.1) is 0 Å². The molecule has 0 saturated carbocycles. The van der Waals surface area contributed by atoms with Crippen LogP contribution in [0.1, 0.15) is 15.9 Å². The molecule has 2 amide bonds. The fourth-order valence-corrected chi connectivity index (χ4v) is 2.37. The molecule has 0 atom stereocenters. The van der Waals surface area contributed by atoms with Gasteiger partial charge in [-0.25, -0.2) is 0 Å². The average Bonchev–Trinajstić information content (AvgIpc) is 2.53. The van der Waals surface area contributed by atoms with E-state index in [1.807, 2.05) is 0 Å². The summed E-state index contributed by atoms with van der Waals surface area (Å²) in [5.74, 6) is -2.45. The van der Waals surface area contributed by atoms with E-state index in [9.17, 15) is 22.8 Å². The zero-order valence-electron chi connectivity index (χ0n) is 12.2. The first-order chi connectivity index (χ1) is 11.3. The summed E-state index contributed by atoms with van der Waals surface area (Å²) < 4.78 is 37.3. The van der Waals surface area contributed by atoms with E-state index in [0.29, 0.717) is 21.3 Å². The summed E-state index contributed by atoms with van der Waals surface area (Å²) in [5.41, 5.74) is 1.06. The van der Waals surface area contributed by atoms with Crippen molar-refractivity contribution in [2.75, 3.05) is 5.32 Å². The highest BCUT2D eigenvalue weighted by molar-refractivity contribution is 9.10. The Morgan fingerprint density at radius 1 is 1.00 bits per heavy atom. The molecule has 0 bridgehead atoms.